The number of aliphatic imine (C=N–C) groups is 1. The number of isocyanates is 1. The number of carbonyl (C=O) groups excluding carboxylic acids is 1. The molecule has 4 nitrogen and oxygen atoms in total. The van der Waals surface area contributed by atoms with Gasteiger partial charge < -0.3 is 10.2 Å². The molecule has 1 aromatic rings. The SMILES string of the molecule is O=C=NC1(c2c(Br)cc(F)c(O)c2O)CCC1. The molecule has 90 valence electrons. The van der Waals surface area contributed by atoms with E-state index in [0.717, 1.165) is 12.5 Å². The number of aromatic hydroxyl groups is 2. The average Bonchev–Trinajstić information content (AvgIpc) is 2.22. The second kappa shape index (κ2) is 4.13. The minimum Gasteiger partial charge on any atom is -0.504 e. The summed E-state index contributed by atoms with van der Waals surface area (Å²) in [5.74, 6) is -2.33. The second-order valence-electron chi connectivity index (χ2n) is 4.00. The van der Waals surface area contributed by atoms with Crippen LogP contribution in [0.25, 0.3) is 0 Å². The van der Waals surface area contributed by atoms with E-state index in [4.69, 9.17) is 0 Å². The minimum atomic E-state index is -0.928. The predicted octanol–water partition coefficient (Wildman–Crippen LogP) is 2.71. The molecule has 0 saturated heterocycles. The van der Waals surface area contributed by atoms with E-state index < -0.39 is 22.9 Å². The van der Waals surface area contributed by atoms with Gasteiger partial charge in [0.1, 0.15) is 5.54 Å². The molecule has 0 amide bonds. The monoisotopic (exact) mass is 301 g/mol. The van der Waals surface area contributed by atoms with Gasteiger partial charge in [0.25, 0.3) is 0 Å². The van der Waals surface area contributed by atoms with E-state index >= 15 is 0 Å². The van der Waals surface area contributed by atoms with Crippen molar-refractivity contribution >= 4 is 22.0 Å². The van der Waals surface area contributed by atoms with Crippen molar-refractivity contribution in [2.75, 3.05) is 0 Å². The lowest BCUT2D eigenvalue weighted by Crippen LogP contribution is -2.32. The normalized spacial score (nSPS) is 17.1. The van der Waals surface area contributed by atoms with Crippen LogP contribution in [0.5, 0.6) is 11.5 Å². The summed E-state index contributed by atoms with van der Waals surface area (Å²) in [7, 11) is 0. The quantitative estimate of drug-likeness (QED) is 0.501. The van der Waals surface area contributed by atoms with Crippen LogP contribution in [-0.2, 0) is 10.3 Å². The first kappa shape index (κ1) is 12.1. The summed E-state index contributed by atoms with van der Waals surface area (Å²) < 4.78 is 13.4. The van der Waals surface area contributed by atoms with E-state index in [-0.39, 0.29) is 10.0 Å². The standard InChI is InChI=1S/C11H9BrFNO3/c12-6-4-7(13)9(16)10(17)8(6)11(14-5-15)2-1-3-11/h4,16-17H,1-3H2. The Hall–Kier alpha value is -1.39. The summed E-state index contributed by atoms with van der Waals surface area (Å²) >= 11 is 3.11. The first-order valence-electron chi connectivity index (χ1n) is 5.01. The summed E-state index contributed by atoms with van der Waals surface area (Å²) in [6.07, 6.45) is 3.42. The molecule has 1 aliphatic carbocycles. The van der Waals surface area contributed by atoms with Crippen LogP contribution in [0, 0.1) is 5.82 Å². The summed E-state index contributed by atoms with van der Waals surface area (Å²) in [4.78, 5) is 14.1. The number of benzene rings is 1. The van der Waals surface area contributed by atoms with Crippen LogP contribution in [0.2, 0.25) is 0 Å². The van der Waals surface area contributed by atoms with Crippen LogP contribution in [0.3, 0.4) is 0 Å². The maximum absolute atomic E-state index is 13.2. The Kier molecular flexibility index (Phi) is 2.93. The van der Waals surface area contributed by atoms with E-state index in [9.17, 15) is 19.4 Å². The van der Waals surface area contributed by atoms with E-state index in [1.165, 1.54) is 6.08 Å². The molecular weight excluding hydrogens is 293 g/mol. The van der Waals surface area contributed by atoms with Gasteiger partial charge in [0.2, 0.25) is 6.08 Å². The molecule has 0 aliphatic heterocycles. The van der Waals surface area contributed by atoms with Crippen LogP contribution in [-0.4, -0.2) is 16.3 Å². The fourth-order valence-electron chi connectivity index (χ4n) is 2.06. The third-order valence-corrected chi connectivity index (χ3v) is 3.71. The van der Waals surface area contributed by atoms with Crippen LogP contribution < -0.4 is 0 Å². The molecule has 0 heterocycles. The third kappa shape index (κ3) is 1.73. The van der Waals surface area contributed by atoms with Gasteiger partial charge in [-0.15, -0.1) is 0 Å². The molecule has 6 heteroatoms. The van der Waals surface area contributed by atoms with Gasteiger partial charge in [-0.1, -0.05) is 15.9 Å². The Morgan fingerprint density at radius 1 is 1.41 bits per heavy atom. The molecule has 2 rings (SSSR count). The molecule has 0 atom stereocenters. The van der Waals surface area contributed by atoms with Gasteiger partial charge in [-0.2, -0.15) is 4.99 Å². The van der Waals surface area contributed by atoms with Crippen LogP contribution in [0.4, 0.5) is 4.39 Å². The minimum absolute atomic E-state index is 0.242. The summed E-state index contributed by atoms with van der Waals surface area (Å²) in [6.45, 7) is 0. The molecule has 0 bridgehead atoms. The fraction of sp³-hybridized carbons (Fsp3) is 0.364. The highest BCUT2D eigenvalue weighted by Crippen LogP contribution is 2.53. The maximum Gasteiger partial charge on any atom is 0.235 e. The lowest BCUT2D eigenvalue weighted by atomic mass is 9.72. The number of rotatable bonds is 2. The van der Waals surface area contributed by atoms with Crippen molar-refractivity contribution in [3.8, 4) is 11.5 Å². The van der Waals surface area contributed by atoms with E-state index in [2.05, 4.69) is 20.9 Å². The lowest BCUT2D eigenvalue weighted by Gasteiger charge is -2.38. The Balaban J connectivity index is 2.66. The van der Waals surface area contributed by atoms with Crippen molar-refractivity contribution in [2.24, 2.45) is 4.99 Å². The molecule has 2 N–H and O–H groups in total. The molecule has 17 heavy (non-hydrogen) atoms. The van der Waals surface area contributed by atoms with Crippen molar-refractivity contribution in [1.82, 2.24) is 0 Å². The molecule has 0 unspecified atom stereocenters. The van der Waals surface area contributed by atoms with Crippen molar-refractivity contribution in [1.29, 1.82) is 0 Å². The molecule has 1 aromatic carbocycles. The molecular formula is C11H9BrFNO3. The fourth-order valence-corrected chi connectivity index (χ4v) is 2.81. The van der Waals surface area contributed by atoms with Crippen molar-refractivity contribution < 1.29 is 19.4 Å². The summed E-state index contributed by atoms with van der Waals surface area (Å²) in [6, 6.07) is 1.05. The van der Waals surface area contributed by atoms with Gasteiger partial charge in [-0.05, 0) is 25.3 Å². The van der Waals surface area contributed by atoms with Gasteiger partial charge in [-0.25, -0.2) is 9.18 Å². The Morgan fingerprint density at radius 3 is 2.53 bits per heavy atom. The van der Waals surface area contributed by atoms with Gasteiger partial charge in [0, 0.05) is 10.0 Å². The molecule has 0 spiro atoms. The first-order chi connectivity index (χ1) is 8.02. The highest BCUT2D eigenvalue weighted by atomic mass is 79.9. The van der Waals surface area contributed by atoms with Gasteiger partial charge >= 0.3 is 0 Å². The second-order valence-corrected chi connectivity index (χ2v) is 4.85. The average molecular weight is 302 g/mol. The number of phenolic OH excluding ortho intramolecular Hbond substituents is 2. The molecule has 1 fully saturated rings. The van der Waals surface area contributed by atoms with E-state index in [1.54, 1.807) is 0 Å². The number of hydrogen-bond donors (Lipinski definition) is 2. The maximum atomic E-state index is 13.2. The topological polar surface area (TPSA) is 69.9 Å². The number of nitrogens with zero attached hydrogens (tertiary/aromatic N) is 1. The van der Waals surface area contributed by atoms with Crippen molar-refractivity contribution in [3.05, 3.63) is 21.9 Å². The largest absolute Gasteiger partial charge is 0.504 e. The smallest absolute Gasteiger partial charge is 0.235 e. The zero-order valence-corrected chi connectivity index (χ0v) is 10.3. The highest BCUT2D eigenvalue weighted by Gasteiger charge is 2.43. The van der Waals surface area contributed by atoms with Crippen LogP contribution >= 0.6 is 15.9 Å². The van der Waals surface area contributed by atoms with E-state index in [0.29, 0.717) is 12.8 Å². The van der Waals surface area contributed by atoms with Gasteiger partial charge in [0.15, 0.2) is 17.3 Å². The zero-order chi connectivity index (χ0) is 12.6. The van der Waals surface area contributed by atoms with Crippen LogP contribution in [0.1, 0.15) is 24.8 Å². The summed E-state index contributed by atoms with van der Waals surface area (Å²) in [5, 5.41) is 19.2. The van der Waals surface area contributed by atoms with Gasteiger partial charge in [0.05, 0.1) is 0 Å². The number of hydrogen-bond acceptors (Lipinski definition) is 4. The highest BCUT2D eigenvalue weighted by molar-refractivity contribution is 9.10. The first-order valence-corrected chi connectivity index (χ1v) is 5.80. The predicted molar refractivity (Wildman–Crippen MR) is 61.1 cm³/mol. The van der Waals surface area contributed by atoms with Gasteiger partial charge in [-0.3, -0.25) is 0 Å². The summed E-state index contributed by atoms with van der Waals surface area (Å²) in [5.41, 5.74) is -0.651. The number of phenols is 2. The van der Waals surface area contributed by atoms with Crippen molar-refractivity contribution in [3.63, 3.8) is 0 Å². The van der Waals surface area contributed by atoms with E-state index in [1.807, 2.05) is 0 Å². The zero-order valence-electron chi connectivity index (χ0n) is 8.70. The number of halogens is 2. The Morgan fingerprint density at radius 2 is 2.06 bits per heavy atom. The third-order valence-electron chi connectivity index (χ3n) is 3.09. The molecule has 1 aliphatic rings. The molecule has 0 aromatic heterocycles. The van der Waals surface area contributed by atoms with Crippen molar-refractivity contribution in [2.45, 2.75) is 24.8 Å². The van der Waals surface area contributed by atoms with Crippen LogP contribution in [0.15, 0.2) is 15.5 Å². The molecule has 1 saturated carbocycles. The Bertz CT molecular complexity index is 522. The lowest BCUT2D eigenvalue weighted by molar-refractivity contribution is 0.242. The molecule has 0 radical (unpaired) electrons. The Labute approximate surface area is 105 Å².